The SMILES string of the molecule is CCOCCCn1c(SCC(=O)c2ccc(OC)c(Br)c2)nc2ccccc2c1=O. The van der Waals surface area contributed by atoms with Crippen molar-refractivity contribution in [2.24, 2.45) is 0 Å². The number of hydrogen-bond donors (Lipinski definition) is 0. The number of benzene rings is 2. The van der Waals surface area contributed by atoms with Crippen molar-refractivity contribution in [3.05, 3.63) is 62.9 Å². The lowest BCUT2D eigenvalue weighted by atomic mass is 10.1. The third-order valence-corrected chi connectivity index (χ3v) is 6.10. The number of rotatable bonds is 10. The summed E-state index contributed by atoms with van der Waals surface area (Å²) in [5.41, 5.74) is 1.10. The Labute approximate surface area is 187 Å². The number of halogens is 1. The summed E-state index contributed by atoms with van der Waals surface area (Å²) in [5.74, 6) is 0.791. The number of methoxy groups -OCH3 is 1. The van der Waals surface area contributed by atoms with Gasteiger partial charge in [0.2, 0.25) is 0 Å². The first-order chi connectivity index (χ1) is 14.5. The van der Waals surface area contributed by atoms with Gasteiger partial charge in [0.05, 0.1) is 28.2 Å². The maximum Gasteiger partial charge on any atom is 0.262 e. The summed E-state index contributed by atoms with van der Waals surface area (Å²) in [6.07, 6.45) is 0.695. The van der Waals surface area contributed by atoms with Gasteiger partial charge in [-0.1, -0.05) is 23.9 Å². The first-order valence-electron chi connectivity index (χ1n) is 9.62. The number of Topliss-reactive ketones (excluding diaryl/α,β-unsaturated/α-hetero) is 1. The number of carbonyl (C=O) groups excluding carboxylic acids is 1. The second-order valence-corrected chi connectivity index (χ2v) is 8.28. The van der Waals surface area contributed by atoms with Gasteiger partial charge < -0.3 is 9.47 Å². The molecule has 3 rings (SSSR count). The predicted octanol–water partition coefficient (Wildman–Crippen LogP) is 4.57. The molecule has 0 spiro atoms. The maximum atomic E-state index is 13.0. The van der Waals surface area contributed by atoms with Gasteiger partial charge in [-0.2, -0.15) is 0 Å². The van der Waals surface area contributed by atoms with Crippen LogP contribution in [0.25, 0.3) is 10.9 Å². The monoisotopic (exact) mass is 490 g/mol. The zero-order chi connectivity index (χ0) is 21.5. The number of aromatic nitrogens is 2. The summed E-state index contributed by atoms with van der Waals surface area (Å²) < 4.78 is 13.0. The summed E-state index contributed by atoms with van der Waals surface area (Å²) in [6, 6.07) is 12.5. The zero-order valence-electron chi connectivity index (χ0n) is 16.9. The van der Waals surface area contributed by atoms with Crippen molar-refractivity contribution in [1.82, 2.24) is 9.55 Å². The molecule has 1 aromatic heterocycles. The fourth-order valence-electron chi connectivity index (χ4n) is 2.98. The topological polar surface area (TPSA) is 70.4 Å². The highest BCUT2D eigenvalue weighted by atomic mass is 79.9. The van der Waals surface area contributed by atoms with E-state index in [1.165, 1.54) is 11.8 Å². The van der Waals surface area contributed by atoms with Crippen LogP contribution in [0.1, 0.15) is 23.7 Å². The molecule has 3 aromatic rings. The van der Waals surface area contributed by atoms with E-state index in [1.807, 2.05) is 25.1 Å². The van der Waals surface area contributed by atoms with Gasteiger partial charge >= 0.3 is 0 Å². The number of thioether (sulfide) groups is 1. The third kappa shape index (κ3) is 5.30. The molecule has 158 valence electrons. The summed E-state index contributed by atoms with van der Waals surface area (Å²) in [5, 5.41) is 1.11. The van der Waals surface area contributed by atoms with Crippen LogP contribution in [-0.4, -0.2) is 41.4 Å². The molecule has 0 radical (unpaired) electrons. The first-order valence-corrected chi connectivity index (χ1v) is 11.4. The molecular weight excluding hydrogens is 468 g/mol. The summed E-state index contributed by atoms with van der Waals surface area (Å²) in [6.45, 7) is 3.63. The van der Waals surface area contributed by atoms with Gasteiger partial charge in [-0.05, 0) is 59.6 Å². The Kier molecular flexibility index (Phi) is 8.07. The van der Waals surface area contributed by atoms with Crippen LogP contribution in [0.2, 0.25) is 0 Å². The highest BCUT2D eigenvalue weighted by molar-refractivity contribution is 9.10. The molecule has 0 saturated carbocycles. The number of carbonyl (C=O) groups is 1. The molecular formula is C22H23BrN2O4S. The minimum Gasteiger partial charge on any atom is -0.496 e. The third-order valence-electron chi connectivity index (χ3n) is 4.51. The van der Waals surface area contributed by atoms with Crippen LogP contribution < -0.4 is 10.3 Å². The highest BCUT2D eigenvalue weighted by Gasteiger charge is 2.15. The van der Waals surface area contributed by atoms with Crippen molar-refractivity contribution in [2.75, 3.05) is 26.1 Å². The van der Waals surface area contributed by atoms with Gasteiger partial charge in [-0.3, -0.25) is 14.2 Å². The second kappa shape index (κ2) is 10.7. The average molecular weight is 491 g/mol. The molecule has 0 atom stereocenters. The largest absolute Gasteiger partial charge is 0.496 e. The Balaban J connectivity index is 1.83. The van der Waals surface area contributed by atoms with Crippen LogP contribution in [0.5, 0.6) is 5.75 Å². The lowest BCUT2D eigenvalue weighted by Crippen LogP contribution is -2.24. The molecule has 2 aromatic carbocycles. The van der Waals surface area contributed by atoms with Crippen molar-refractivity contribution in [3.63, 3.8) is 0 Å². The Morgan fingerprint density at radius 1 is 1.23 bits per heavy atom. The van der Waals surface area contributed by atoms with E-state index in [0.717, 1.165) is 4.47 Å². The van der Waals surface area contributed by atoms with Crippen LogP contribution in [-0.2, 0) is 11.3 Å². The normalized spacial score (nSPS) is 11.0. The standard InChI is InChI=1S/C22H23BrN2O4S/c1-3-29-12-6-11-25-21(27)16-7-4-5-8-18(16)24-22(25)30-14-19(26)15-9-10-20(28-2)17(23)13-15/h4-5,7-10,13H,3,6,11-12,14H2,1-2H3. The number of para-hydroxylation sites is 1. The van der Waals surface area contributed by atoms with Crippen molar-refractivity contribution in [3.8, 4) is 5.75 Å². The van der Waals surface area contributed by atoms with Crippen molar-refractivity contribution < 1.29 is 14.3 Å². The molecule has 0 amide bonds. The number of fused-ring (bicyclic) bond motifs is 1. The second-order valence-electron chi connectivity index (χ2n) is 6.48. The molecule has 0 N–H and O–H groups in total. The van der Waals surface area contributed by atoms with Crippen molar-refractivity contribution in [1.29, 1.82) is 0 Å². The molecule has 30 heavy (non-hydrogen) atoms. The number of ether oxygens (including phenoxy) is 2. The molecule has 0 aliphatic heterocycles. The Morgan fingerprint density at radius 3 is 2.77 bits per heavy atom. The van der Waals surface area contributed by atoms with Gasteiger partial charge in [-0.25, -0.2) is 4.98 Å². The first kappa shape index (κ1) is 22.5. The van der Waals surface area contributed by atoms with Gasteiger partial charge in [0.1, 0.15) is 5.75 Å². The number of ketones is 1. The molecule has 8 heteroatoms. The fourth-order valence-corrected chi connectivity index (χ4v) is 4.44. The molecule has 0 fully saturated rings. The quantitative estimate of drug-likeness (QED) is 0.179. The molecule has 0 bridgehead atoms. The zero-order valence-corrected chi connectivity index (χ0v) is 19.3. The minimum atomic E-state index is -0.0979. The lowest BCUT2D eigenvalue weighted by molar-refractivity contribution is 0.102. The summed E-state index contributed by atoms with van der Waals surface area (Å²) >= 11 is 4.68. The van der Waals surface area contributed by atoms with E-state index in [-0.39, 0.29) is 17.1 Å². The summed E-state index contributed by atoms with van der Waals surface area (Å²) in [7, 11) is 1.58. The van der Waals surface area contributed by atoms with Crippen LogP contribution >= 0.6 is 27.7 Å². The van der Waals surface area contributed by atoms with Crippen LogP contribution in [0, 0.1) is 0 Å². The predicted molar refractivity (Wildman–Crippen MR) is 123 cm³/mol. The van der Waals surface area contributed by atoms with Gasteiger partial charge in [-0.15, -0.1) is 0 Å². The number of nitrogens with zero attached hydrogens (tertiary/aromatic N) is 2. The molecule has 0 aliphatic carbocycles. The van der Waals surface area contributed by atoms with Gasteiger partial charge in [0.15, 0.2) is 10.9 Å². The summed E-state index contributed by atoms with van der Waals surface area (Å²) in [4.78, 5) is 30.4. The lowest BCUT2D eigenvalue weighted by Gasteiger charge is -2.13. The molecule has 6 nitrogen and oxygen atoms in total. The molecule has 0 unspecified atom stereocenters. The van der Waals surface area contributed by atoms with E-state index in [9.17, 15) is 9.59 Å². The maximum absolute atomic E-state index is 13.0. The van der Waals surface area contributed by atoms with Crippen LogP contribution in [0.4, 0.5) is 0 Å². The van der Waals surface area contributed by atoms with E-state index in [4.69, 9.17) is 9.47 Å². The average Bonchev–Trinajstić information content (AvgIpc) is 2.76. The number of hydrogen-bond acceptors (Lipinski definition) is 6. The van der Waals surface area contributed by atoms with Crippen molar-refractivity contribution in [2.45, 2.75) is 25.0 Å². The van der Waals surface area contributed by atoms with E-state index < -0.39 is 0 Å². The minimum absolute atomic E-state index is 0.0494. The van der Waals surface area contributed by atoms with Crippen LogP contribution in [0.15, 0.2) is 56.9 Å². The van der Waals surface area contributed by atoms with E-state index >= 15 is 0 Å². The highest BCUT2D eigenvalue weighted by Crippen LogP contribution is 2.27. The smallest absolute Gasteiger partial charge is 0.262 e. The van der Waals surface area contributed by atoms with E-state index in [1.54, 1.807) is 35.9 Å². The fraction of sp³-hybridized carbons (Fsp3) is 0.318. The Morgan fingerprint density at radius 2 is 2.03 bits per heavy atom. The Hall–Kier alpha value is -2.16. The van der Waals surface area contributed by atoms with Crippen molar-refractivity contribution >= 4 is 44.4 Å². The van der Waals surface area contributed by atoms with Crippen LogP contribution in [0.3, 0.4) is 0 Å². The molecule has 1 heterocycles. The van der Waals surface area contributed by atoms with Gasteiger partial charge in [0.25, 0.3) is 5.56 Å². The molecule has 0 aliphatic rings. The Bertz CT molecular complexity index is 1100. The van der Waals surface area contributed by atoms with E-state index in [0.29, 0.717) is 53.6 Å². The molecule has 0 saturated heterocycles. The van der Waals surface area contributed by atoms with Gasteiger partial charge in [0, 0.05) is 25.3 Å². The van der Waals surface area contributed by atoms with E-state index in [2.05, 4.69) is 20.9 Å².